The van der Waals surface area contributed by atoms with Gasteiger partial charge in [-0.3, -0.25) is 0 Å². The summed E-state index contributed by atoms with van der Waals surface area (Å²) in [7, 11) is 0. The first-order valence-electron chi connectivity index (χ1n) is 6.72. The van der Waals surface area contributed by atoms with Crippen molar-refractivity contribution in [3.8, 4) is 0 Å². The van der Waals surface area contributed by atoms with Crippen LogP contribution in [0.3, 0.4) is 0 Å². The normalized spacial score (nSPS) is 13.3. The van der Waals surface area contributed by atoms with Gasteiger partial charge in [0.05, 0.1) is 6.10 Å². The summed E-state index contributed by atoms with van der Waals surface area (Å²) in [5, 5.41) is 10.2. The molecule has 0 saturated heterocycles. The lowest BCUT2D eigenvalue weighted by molar-refractivity contribution is 0.130. The summed E-state index contributed by atoms with van der Waals surface area (Å²) in [6, 6.07) is 8.46. The molecule has 0 aromatic heterocycles. The molecule has 2 nitrogen and oxygen atoms in total. The lowest BCUT2D eigenvalue weighted by atomic mass is 10.1. The Bertz CT molecular complexity index is 337. The van der Waals surface area contributed by atoms with Gasteiger partial charge in [-0.05, 0) is 50.9 Å². The zero-order valence-corrected chi connectivity index (χ0v) is 13.2. The van der Waals surface area contributed by atoms with Crippen molar-refractivity contribution in [3.05, 3.63) is 34.3 Å². The van der Waals surface area contributed by atoms with E-state index in [0.29, 0.717) is 6.04 Å². The van der Waals surface area contributed by atoms with E-state index in [1.165, 1.54) is 0 Å². The predicted octanol–water partition coefficient (Wildman–Crippen LogP) is 3.99. The van der Waals surface area contributed by atoms with Crippen molar-refractivity contribution in [3.63, 3.8) is 0 Å². The van der Waals surface area contributed by atoms with Gasteiger partial charge in [0.1, 0.15) is 0 Å². The van der Waals surface area contributed by atoms with Crippen LogP contribution in [0.1, 0.15) is 45.3 Å². The maximum Gasteiger partial charge on any atom is 0.0802 e. The first-order chi connectivity index (χ1) is 8.54. The van der Waals surface area contributed by atoms with E-state index in [1.807, 2.05) is 24.3 Å². The van der Waals surface area contributed by atoms with Crippen LogP contribution in [-0.4, -0.2) is 29.1 Å². The largest absolute Gasteiger partial charge is 0.388 e. The topological polar surface area (TPSA) is 23.5 Å². The van der Waals surface area contributed by atoms with Gasteiger partial charge >= 0.3 is 0 Å². The van der Waals surface area contributed by atoms with Crippen molar-refractivity contribution in [1.82, 2.24) is 4.90 Å². The second-order valence-electron chi connectivity index (χ2n) is 4.99. The Morgan fingerprint density at radius 3 is 2.28 bits per heavy atom. The average Bonchev–Trinajstić information content (AvgIpc) is 2.34. The minimum atomic E-state index is -0.365. The third-order valence-corrected chi connectivity index (χ3v) is 3.71. The van der Waals surface area contributed by atoms with Crippen molar-refractivity contribution < 1.29 is 5.11 Å². The number of hydrogen-bond acceptors (Lipinski definition) is 2. The molecule has 1 unspecified atom stereocenters. The van der Waals surface area contributed by atoms with Crippen LogP contribution >= 0.6 is 15.9 Å². The number of hydrogen-bond donors (Lipinski definition) is 1. The van der Waals surface area contributed by atoms with Crippen LogP contribution < -0.4 is 0 Å². The van der Waals surface area contributed by atoms with Gasteiger partial charge in [-0.2, -0.15) is 0 Å². The molecule has 0 heterocycles. The number of rotatable bonds is 7. The fraction of sp³-hybridized carbons (Fsp3) is 0.600. The quantitative estimate of drug-likeness (QED) is 0.822. The summed E-state index contributed by atoms with van der Waals surface area (Å²) in [4.78, 5) is 2.42. The smallest absolute Gasteiger partial charge is 0.0802 e. The van der Waals surface area contributed by atoms with Crippen LogP contribution in [-0.2, 0) is 0 Å². The predicted molar refractivity (Wildman–Crippen MR) is 80.7 cm³/mol. The van der Waals surface area contributed by atoms with Gasteiger partial charge in [0.25, 0.3) is 0 Å². The summed E-state index contributed by atoms with van der Waals surface area (Å²) in [6.45, 7) is 8.66. The van der Waals surface area contributed by atoms with Gasteiger partial charge in [-0.25, -0.2) is 0 Å². The molecule has 0 radical (unpaired) electrons. The Kier molecular flexibility index (Phi) is 6.90. The van der Waals surface area contributed by atoms with Crippen molar-refractivity contribution in [2.45, 2.75) is 45.8 Å². The van der Waals surface area contributed by atoms with Gasteiger partial charge in [-0.15, -0.1) is 0 Å². The lowest BCUT2D eigenvalue weighted by Crippen LogP contribution is -2.33. The van der Waals surface area contributed by atoms with Crippen LogP contribution in [0.25, 0.3) is 0 Å². The number of benzene rings is 1. The van der Waals surface area contributed by atoms with Crippen LogP contribution in [0.15, 0.2) is 28.7 Å². The van der Waals surface area contributed by atoms with Crippen molar-refractivity contribution in [2.24, 2.45) is 0 Å². The molecule has 3 heteroatoms. The molecular formula is C15H24BrNO. The highest BCUT2D eigenvalue weighted by atomic mass is 79.9. The average molecular weight is 314 g/mol. The molecular weight excluding hydrogens is 290 g/mol. The minimum Gasteiger partial charge on any atom is -0.388 e. The number of aliphatic hydroxyl groups is 1. The Balaban J connectivity index is 2.48. The molecule has 0 aliphatic carbocycles. The molecule has 1 rings (SSSR count). The standard InChI is InChI=1S/C15H24BrNO/c1-4-10-17(12(2)3)11-9-15(18)13-5-7-14(16)8-6-13/h5-8,12,15,18H,4,9-11H2,1-3H3. The minimum absolute atomic E-state index is 0.365. The second-order valence-corrected chi connectivity index (χ2v) is 5.90. The third kappa shape index (κ3) is 5.09. The van der Waals surface area contributed by atoms with Gasteiger partial charge in [0.15, 0.2) is 0 Å². The number of nitrogens with zero attached hydrogens (tertiary/aromatic N) is 1. The molecule has 1 atom stereocenters. The summed E-state index contributed by atoms with van der Waals surface area (Å²) in [5.41, 5.74) is 0.999. The first-order valence-corrected chi connectivity index (χ1v) is 7.51. The Morgan fingerprint density at radius 1 is 1.17 bits per heavy atom. The zero-order valence-electron chi connectivity index (χ0n) is 11.6. The van der Waals surface area contributed by atoms with Crippen LogP contribution in [0.4, 0.5) is 0 Å². The van der Waals surface area contributed by atoms with E-state index < -0.39 is 0 Å². The van der Waals surface area contributed by atoms with Crippen molar-refractivity contribution in [2.75, 3.05) is 13.1 Å². The molecule has 1 aromatic rings. The highest BCUT2D eigenvalue weighted by Gasteiger charge is 2.12. The molecule has 0 spiro atoms. The highest BCUT2D eigenvalue weighted by molar-refractivity contribution is 9.10. The SMILES string of the molecule is CCCN(CCC(O)c1ccc(Br)cc1)C(C)C. The summed E-state index contributed by atoms with van der Waals surface area (Å²) >= 11 is 3.41. The summed E-state index contributed by atoms with van der Waals surface area (Å²) in [6.07, 6.45) is 1.59. The van der Waals surface area contributed by atoms with Crippen molar-refractivity contribution in [1.29, 1.82) is 0 Å². The molecule has 102 valence electrons. The van der Waals surface area contributed by atoms with E-state index in [1.54, 1.807) is 0 Å². The Hall–Kier alpha value is -0.380. The van der Waals surface area contributed by atoms with Gasteiger partial charge in [0.2, 0.25) is 0 Å². The van der Waals surface area contributed by atoms with Crippen LogP contribution in [0.5, 0.6) is 0 Å². The molecule has 0 fully saturated rings. The molecule has 18 heavy (non-hydrogen) atoms. The summed E-state index contributed by atoms with van der Waals surface area (Å²) < 4.78 is 1.05. The lowest BCUT2D eigenvalue weighted by Gasteiger charge is -2.27. The molecule has 0 amide bonds. The number of aliphatic hydroxyl groups excluding tert-OH is 1. The van der Waals surface area contributed by atoms with Crippen LogP contribution in [0.2, 0.25) is 0 Å². The van der Waals surface area contributed by atoms with E-state index in [0.717, 1.165) is 36.0 Å². The summed E-state index contributed by atoms with van der Waals surface area (Å²) in [5.74, 6) is 0. The number of halogens is 1. The second kappa shape index (κ2) is 7.93. The van der Waals surface area contributed by atoms with Gasteiger partial charge in [0, 0.05) is 17.1 Å². The Labute approximate surface area is 119 Å². The van der Waals surface area contributed by atoms with Crippen LogP contribution in [0, 0.1) is 0 Å². The zero-order chi connectivity index (χ0) is 13.5. The fourth-order valence-corrected chi connectivity index (χ4v) is 2.32. The monoisotopic (exact) mass is 313 g/mol. The molecule has 0 saturated carbocycles. The first kappa shape index (κ1) is 15.7. The fourth-order valence-electron chi connectivity index (χ4n) is 2.06. The van der Waals surface area contributed by atoms with Crippen molar-refractivity contribution >= 4 is 15.9 Å². The van der Waals surface area contributed by atoms with Gasteiger partial charge < -0.3 is 10.0 Å². The van der Waals surface area contributed by atoms with Gasteiger partial charge in [-0.1, -0.05) is 35.0 Å². The van der Waals surface area contributed by atoms with E-state index in [9.17, 15) is 5.11 Å². The van der Waals surface area contributed by atoms with E-state index in [2.05, 4.69) is 41.6 Å². The molecule has 1 N–H and O–H groups in total. The molecule has 0 bridgehead atoms. The Morgan fingerprint density at radius 2 is 1.78 bits per heavy atom. The van der Waals surface area contributed by atoms with E-state index in [4.69, 9.17) is 0 Å². The van der Waals surface area contributed by atoms with E-state index in [-0.39, 0.29) is 6.10 Å². The third-order valence-electron chi connectivity index (χ3n) is 3.19. The molecule has 0 aliphatic rings. The maximum absolute atomic E-state index is 10.2. The van der Waals surface area contributed by atoms with E-state index >= 15 is 0 Å². The molecule has 1 aromatic carbocycles. The highest BCUT2D eigenvalue weighted by Crippen LogP contribution is 2.20. The maximum atomic E-state index is 10.2. The molecule has 0 aliphatic heterocycles.